The van der Waals surface area contributed by atoms with Gasteiger partial charge in [-0.2, -0.15) is 12.7 Å². The fraction of sp³-hybridized carbons (Fsp3) is 0.308. The van der Waals surface area contributed by atoms with Gasteiger partial charge in [-0.1, -0.05) is 42.1 Å². The number of hydrogen-bond acceptors (Lipinski definition) is 9. The Morgan fingerprint density at radius 1 is 1.37 bits per heavy atom. The lowest BCUT2D eigenvalue weighted by molar-refractivity contribution is -0.138. The Bertz CT molecular complexity index is 949. The van der Waals surface area contributed by atoms with Gasteiger partial charge in [0.1, 0.15) is 18.0 Å². The first-order valence-electron chi connectivity index (χ1n) is 7.44. The van der Waals surface area contributed by atoms with Gasteiger partial charge in [0, 0.05) is 7.05 Å². The van der Waals surface area contributed by atoms with E-state index in [-0.39, 0.29) is 16.1 Å². The maximum absolute atomic E-state index is 12.1. The van der Waals surface area contributed by atoms with Gasteiger partial charge in [0.25, 0.3) is 5.91 Å². The van der Waals surface area contributed by atoms with Crippen LogP contribution in [0.3, 0.4) is 0 Å². The number of β-lactam (4-membered cyclic amide) rings is 1. The van der Waals surface area contributed by atoms with E-state index in [2.05, 4.69) is 20.8 Å². The summed E-state index contributed by atoms with van der Waals surface area (Å²) in [5, 5.41) is 12.0. The average Bonchev–Trinajstić information content (AvgIpc) is 3.02. The molecule has 0 spiro atoms. The third-order valence-electron chi connectivity index (χ3n) is 3.54. The number of aryl methyl sites for hydroxylation is 1. The first-order valence-corrected chi connectivity index (χ1v) is 9.72. The number of alkyl carbamates (subject to hydrolysis) is 1. The van der Waals surface area contributed by atoms with Crippen LogP contribution in [-0.2, 0) is 33.5 Å². The van der Waals surface area contributed by atoms with Crippen LogP contribution >= 0.6 is 11.8 Å². The molecule has 0 bridgehead atoms. The van der Waals surface area contributed by atoms with Crippen LogP contribution in [0.4, 0.5) is 4.79 Å². The normalized spacial score (nSPS) is 19.5. The number of hydrogen-bond donors (Lipinski definition) is 2. The first-order chi connectivity index (χ1) is 12.8. The van der Waals surface area contributed by atoms with Gasteiger partial charge in [-0.05, 0) is 16.0 Å². The average molecular weight is 414 g/mol. The maximum atomic E-state index is 12.1. The number of aromatic nitrogens is 4. The lowest BCUT2D eigenvalue weighted by Crippen LogP contribution is -2.70. The Kier molecular flexibility index (Phi) is 5.29. The molecule has 1 unspecified atom stereocenters. The fourth-order valence-corrected chi connectivity index (χ4v) is 4.44. The molecule has 2 N–H and O–H groups in total. The Morgan fingerprint density at radius 3 is 2.67 bits per heavy atom. The first kappa shape index (κ1) is 19.1. The molecule has 144 valence electrons. The van der Waals surface area contributed by atoms with Crippen LogP contribution in [0.15, 0.2) is 35.5 Å². The summed E-state index contributed by atoms with van der Waals surface area (Å²) in [7, 11) is -3.30. The van der Waals surface area contributed by atoms with Crippen molar-refractivity contribution in [2.45, 2.75) is 23.2 Å². The van der Waals surface area contributed by atoms with Crippen LogP contribution in [-0.4, -0.2) is 60.9 Å². The number of rotatable bonds is 6. The zero-order chi connectivity index (χ0) is 19.6. The van der Waals surface area contributed by atoms with Crippen molar-refractivity contribution in [3.63, 3.8) is 0 Å². The van der Waals surface area contributed by atoms with Crippen LogP contribution in [0.25, 0.3) is 0 Å². The molecule has 1 aromatic carbocycles. The topological polar surface area (TPSA) is 157 Å². The molecule has 12 nitrogen and oxygen atoms in total. The van der Waals surface area contributed by atoms with Gasteiger partial charge in [0.2, 0.25) is 5.16 Å². The molecule has 1 saturated heterocycles. The van der Waals surface area contributed by atoms with Crippen molar-refractivity contribution in [2.75, 3.05) is 0 Å². The van der Waals surface area contributed by atoms with Crippen LogP contribution in [0.5, 0.6) is 0 Å². The molecular formula is C13H14N6O6S2. The zero-order valence-electron chi connectivity index (χ0n) is 13.8. The largest absolute Gasteiger partial charge is 0.445 e. The number of nitrogens with one attached hydrogen (secondary N) is 1. The van der Waals surface area contributed by atoms with Crippen molar-refractivity contribution in [1.82, 2.24) is 29.8 Å². The monoisotopic (exact) mass is 414 g/mol. The van der Waals surface area contributed by atoms with Gasteiger partial charge >= 0.3 is 16.4 Å². The highest BCUT2D eigenvalue weighted by Gasteiger charge is 2.55. The number of tetrazole rings is 1. The van der Waals surface area contributed by atoms with Gasteiger partial charge in [0.05, 0.1) is 0 Å². The molecule has 1 aliphatic rings. The van der Waals surface area contributed by atoms with E-state index in [0.29, 0.717) is 0 Å². The summed E-state index contributed by atoms with van der Waals surface area (Å²) in [4.78, 5) is 24.1. The Balaban J connectivity index is 1.67. The second-order valence-electron chi connectivity index (χ2n) is 5.39. The highest BCUT2D eigenvalue weighted by Crippen LogP contribution is 2.35. The maximum Gasteiger partial charge on any atom is 0.408 e. The standard InChI is InChI=1S/C13H14N6O6S2/c1-18-12(15-16-17-18)26-11-9(10(20)19(11)27(22,23)24)14-13(21)25-7-8-5-3-2-4-6-8/h2-6,9,11H,7H2,1H3,(H,14,21)(H,22,23,24)/t9-,11?/m1/s1. The fourth-order valence-electron chi connectivity index (χ4n) is 2.25. The molecule has 3 rings (SSSR count). The van der Waals surface area contributed by atoms with E-state index in [1.165, 1.54) is 11.7 Å². The molecule has 2 aromatic rings. The molecule has 1 aromatic heterocycles. The molecule has 0 radical (unpaired) electrons. The van der Waals surface area contributed by atoms with E-state index in [9.17, 15) is 22.6 Å². The Morgan fingerprint density at radius 2 is 2.07 bits per heavy atom. The second kappa shape index (κ2) is 7.50. The summed E-state index contributed by atoms with van der Waals surface area (Å²) >= 11 is 0.789. The van der Waals surface area contributed by atoms with E-state index < -0.39 is 33.7 Å². The van der Waals surface area contributed by atoms with Gasteiger partial charge < -0.3 is 10.1 Å². The molecule has 2 atom stereocenters. The number of benzene rings is 1. The van der Waals surface area contributed by atoms with E-state index in [1.54, 1.807) is 24.3 Å². The van der Waals surface area contributed by atoms with E-state index in [0.717, 1.165) is 17.3 Å². The van der Waals surface area contributed by atoms with Gasteiger partial charge in [0.15, 0.2) is 0 Å². The highest BCUT2D eigenvalue weighted by molar-refractivity contribution is 8.00. The number of ether oxygens (including phenoxy) is 1. The van der Waals surface area contributed by atoms with Crippen LogP contribution in [0.1, 0.15) is 5.56 Å². The summed E-state index contributed by atoms with van der Waals surface area (Å²) in [6.07, 6.45) is -0.908. The van der Waals surface area contributed by atoms with Crippen molar-refractivity contribution in [3.8, 4) is 0 Å². The molecular weight excluding hydrogens is 400 g/mol. The van der Waals surface area contributed by atoms with Gasteiger partial charge in [-0.25, -0.2) is 9.48 Å². The SMILES string of the molecule is Cn1nnnc1SC1[C@H](NC(=O)OCc2ccccc2)C(=O)N1S(=O)(=O)O. The number of amides is 2. The number of thioether (sulfide) groups is 1. The molecule has 27 heavy (non-hydrogen) atoms. The lowest BCUT2D eigenvalue weighted by atomic mass is 10.1. The van der Waals surface area contributed by atoms with Crippen molar-refractivity contribution in [2.24, 2.45) is 7.05 Å². The second-order valence-corrected chi connectivity index (χ2v) is 7.76. The molecule has 0 aliphatic carbocycles. The number of nitrogens with zero attached hydrogens (tertiary/aromatic N) is 5. The van der Waals surface area contributed by atoms with Crippen molar-refractivity contribution in [3.05, 3.63) is 35.9 Å². The van der Waals surface area contributed by atoms with Crippen LogP contribution < -0.4 is 5.32 Å². The Labute approximate surface area is 157 Å². The smallest absolute Gasteiger partial charge is 0.408 e. The quantitative estimate of drug-likeness (QED) is 0.469. The van der Waals surface area contributed by atoms with E-state index in [1.807, 2.05) is 6.07 Å². The van der Waals surface area contributed by atoms with Gasteiger partial charge in [-0.3, -0.25) is 9.35 Å². The minimum atomic E-state index is -4.81. The van der Waals surface area contributed by atoms with Gasteiger partial charge in [-0.15, -0.1) is 5.10 Å². The van der Waals surface area contributed by atoms with E-state index in [4.69, 9.17) is 4.74 Å². The summed E-state index contributed by atoms with van der Waals surface area (Å²) in [5.41, 5.74) is 0.739. The predicted molar refractivity (Wildman–Crippen MR) is 90.4 cm³/mol. The molecule has 14 heteroatoms. The van der Waals surface area contributed by atoms with Crippen molar-refractivity contribution in [1.29, 1.82) is 0 Å². The summed E-state index contributed by atoms with van der Waals surface area (Å²) in [6, 6.07) is 7.62. The molecule has 2 heterocycles. The summed E-state index contributed by atoms with van der Waals surface area (Å²) in [6.45, 7) is -0.0272. The summed E-state index contributed by atoms with van der Waals surface area (Å²) < 4.78 is 38.6. The minimum Gasteiger partial charge on any atom is -0.445 e. The molecule has 0 saturated carbocycles. The van der Waals surface area contributed by atoms with Crippen LogP contribution in [0, 0.1) is 0 Å². The Hall–Kier alpha value is -2.71. The van der Waals surface area contributed by atoms with Crippen molar-refractivity contribution < 1.29 is 27.3 Å². The number of carbonyl (C=O) groups excluding carboxylic acids is 2. The molecule has 1 aliphatic heterocycles. The third kappa shape index (κ3) is 4.17. The molecule has 1 fully saturated rings. The lowest BCUT2D eigenvalue weighted by Gasteiger charge is -2.42. The number of carbonyl (C=O) groups is 2. The third-order valence-corrected chi connectivity index (χ3v) is 5.86. The van der Waals surface area contributed by atoms with E-state index >= 15 is 0 Å². The minimum absolute atomic E-state index is 0.0272. The van der Waals surface area contributed by atoms with Crippen LogP contribution in [0.2, 0.25) is 0 Å². The summed E-state index contributed by atoms with van der Waals surface area (Å²) in [5.74, 6) is -0.998. The zero-order valence-corrected chi connectivity index (χ0v) is 15.4. The van der Waals surface area contributed by atoms with Crippen molar-refractivity contribution >= 4 is 34.1 Å². The highest BCUT2D eigenvalue weighted by atomic mass is 32.2. The predicted octanol–water partition coefficient (Wildman–Crippen LogP) is -0.432. The molecule has 2 amide bonds.